The Kier molecular flexibility index (Phi) is 4.54. The van der Waals surface area contributed by atoms with Gasteiger partial charge >= 0.3 is 0 Å². The third-order valence-electron chi connectivity index (χ3n) is 1.86. The van der Waals surface area contributed by atoms with Crippen molar-refractivity contribution in [1.29, 1.82) is 0 Å². The maximum Gasteiger partial charge on any atom is 0.225 e. The lowest BCUT2D eigenvalue weighted by Crippen LogP contribution is -2.12. The predicted molar refractivity (Wildman–Crippen MR) is 62.8 cm³/mol. The summed E-state index contributed by atoms with van der Waals surface area (Å²) in [6.45, 7) is 1.73. The normalized spacial score (nSPS) is 10.1. The molecule has 0 aliphatic carbocycles. The molecule has 0 radical (unpaired) electrons. The molecular weight excluding hydrogens is 284 g/mol. The Morgan fingerprint density at radius 1 is 1.60 bits per heavy atom. The molecule has 15 heavy (non-hydrogen) atoms. The minimum atomic E-state index is -0.345. The fourth-order valence-electron chi connectivity index (χ4n) is 1.08. The molecule has 1 aromatic rings. The van der Waals surface area contributed by atoms with Crippen molar-refractivity contribution in [3.63, 3.8) is 0 Å². The van der Waals surface area contributed by atoms with Crippen molar-refractivity contribution < 1.29 is 9.18 Å². The first-order valence-electron chi connectivity index (χ1n) is 4.36. The Bertz CT molecular complexity index is 384. The van der Waals surface area contributed by atoms with Crippen molar-refractivity contribution in [1.82, 2.24) is 0 Å². The number of nitrogens with one attached hydrogen (secondary N) is 1. The Morgan fingerprint density at radius 2 is 2.27 bits per heavy atom. The quantitative estimate of drug-likeness (QED) is 0.850. The van der Waals surface area contributed by atoms with Crippen molar-refractivity contribution in [2.24, 2.45) is 0 Å². The number of alkyl halides is 1. The maximum atomic E-state index is 13.1. The van der Waals surface area contributed by atoms with Gasteiger partial charge in [-0.2, -0.15) is 0 Å². The van der Waals surface area contributed by atoms with Gasteiger partial charge in [-0.1, -0.05) is 0 Å². The van der Waals surface area contributed by atoms with Crippen molar-refractivity contribution in [3.8, 4) is 0 Å². The summed E-state index contributed by atoms with van der Waals surface area (Å²) in [6.07, 6.45) is 0.246. The van der Waals surface area contributed by atoms with E-state index in [1.165, 1.54) is 12.1 Å². The van der Waals surface area contributed by atoms with Gasteiger partial charge in [0.25, 0.3) is 0 Å². The lowest BCUT2D eigenvalue weighted by molar-refractivity contribution is -0.115. The molecule has 2 nitrogen and oxygen atoms in total. The monoisotopic (exact) mass is 293 g/mol. The smallest absolute Gasteiger partial charge is 0.225 e. The fourth-order valence-corrected chi connectivity index (χ4v) is 1.59. The van der Waals surface area contributed by atoms with E-state index in [-0.39, 0.29) is 24.0 Å². The molecule has 0 spiro atoms. The second-order valence-corrected chi connectivity index (χ2v) is 4.30. The van der Waals surface area contributed by atoms with Crippen LogP contribution in [0.5, 0.6) is 0 Å². The van der Waals surface area contributed by atoms with Gasteiger partial charge in [-0.3, -0.25) is 4.79 Å². The van der Waals surface area contributed by atoms with Crippen LogP contribution < -0.4 is 5.32 Å². The number of amides is 1. The van der Waals surface area contributed by atoms with E-state index >= 15 is 0 Å². The van der Waals surface area contributed by atoms with Crippen LogP contribution in [0.25, 0.3) is 0 Å². The van der Waals surface area contributed by atoms with Crippen LogP contribution in [0, 0.1) is 12.7 Å². The van der Waals surface area contributed by atoms with Crippen LogP contribution in [0.4, 0.5) is 10.1 Å². The van der Waals surface area contributed by atoms with E-state index in [2.05, 4.69) is 21.2 Å². The summed E-state index contributed by atoms with van der Waals surface area (Å²) in [5.41, 5.74) is 1.28. The zero-order valence-electron chi connectivity index (χ0n) is 8.11. The molecule has 0 aromatic heterocycles. The predicted octanol–water partition coefficient (Wildman–Crippen LogP) is 3.46. The van der Waals surface area contributed by atoms with Crippen LogP contribution in [-0.4, -0.2) is 11.8 Å². The summed E-state index contributed by atoms with van der Waals surface area (Å²) in [7, 11) is 0. The summed E-state index contributed by atoms with van der Waals surface area (Å²) in [4.78, 5) is 11.3. The molecule has 0 aliphatic rings. The van der Waals surface area contributed by atoms with Gasteiger partial charge in [-0.25, -0.2) is 4.39 Å². The highest BCUT2D eigenvalue weighted by Crippen LogP contribution is 2.24. The van der Waals surface area contributed by atoms with Crippen LogP contribution in [-0.2, 0) is 4.79 Å². The lowest BCUT2D eigenvalue weighted by Gasteiger charge is -2.08. The first-order valence-corrected chi connectivity index (χ1v) is 5.69. The highest BCUT2D eigenvalue weighted by molar-refractivity contribution is 9.10. The number of carbonyl (C=O) groups excluding carboxylic acids is 1. The topological polar surface area (TPSA) is 29.1 Å². The van der Waals surface area contributed by atoms with Crippen molar-refractivity contribution >= 4 is 39.1 Å². The zero-order valence-corrected chi connectivity index (χ0v) is 10.5. The molecule has 1 amide bonds. The SMILES string of the molecule is Cc1cc(F)c(Br)cc1NC(=O)CCCl. The Labute approximate surface area is 101 Å². The fraction of sp³-hybridized carbons (Fsp3) is 0.300. The number of anilines is 1. The largest absolute Gasteiger partial charge is 0.326 e. The molecule has 0 aliphatic heterocycles. The number of hydrogen-bond acceptors (Lipinski definition) is 1. The molecule has 1 rings (SSSR count). The average molecular weight is 295 g/mol. The Balaban J connectivity index is 2.86. The molecule has 0 atom stereocenters. The van der Waals surface area contributed by atoms with Gasteiger partial charge in [-0.15, -0.1) is 11.6 Å². The highest BCUT2D eigenvalue weighted by atomic mass is 79.9. The van der Waals surface area contributed by atoms with Gasteiger partial charge in [0.2, 0.25) is 5.91 Å². The van der Waals surface area contributed by atoms with Crippen molar-refractivity contribution in [2.45, 2.75) is 13.3 Å². The van der Waals surface area contributed by atoms with Crippen molar-refractivity contribution in [2.75, 3.05) is 11.2 Å². The van der Waals surface area contributed by atoms with E-state index in [0.717, 1.165) is 0 Å². The van der Waals surface area contributed by atoms with E-state index in [9.17, 15) is 9.18 Å². The summed E-state index contributed by atoms with van der Waals surface area (Å²) in [5, 5.41) is 2.66. The van der Waals surface area contributed by atoms with E-state index < -0.39 is 0 Å². The molecule has 1 aromatic carbocycles. The van der Waals surface area contributed by atoms with E-state index in [1.807, 2.05) is 0 Å². The van der Waals surface area contributed by atoms with E-state index in [0.29, 0.717) is 15.7 Å². The van der Waals surface area contributed by atoms with Crippen LogP contribution in [0.1, 0.15) is 12.0 Å². The summed E-state index contributed by atoms with van der Waals surface area (Å²) >= 11 is 8.49. The first-order chi connectivity index (χ1) is 7.04. The number of rotatable bonds is 3. The van der Waals surface area contributed by atoms with Gasteiger partial charge in [-0.05, 0) is 40.5 Å². The van der Waals surface area contributed by atoms with Crippen LogP contribution in [0.2, 0.25) is 0 Å². The number of halogens is 3. The number of benzene rings is 1. The van der Waals surface area contributed by atoms with E-state index in [4.69, 9.17) is 11.6 Å². The second kappa shape index (κ2) is 5.47. The number of aryl methyl sites for hydroxylation is 1. The summed E-state index contributed by atoms with van der Waals surface area (Å²) < 4.78 is 13.4. The van der Waals surface area contributed by atoms with Gasteiger partial charge in [0.1, 0.15) is 5.82 Å². The van der Waals surface area contributed by atoms with Gasteiger partial charge < -0.3 is 5.32 Å². The van der Waals surface area contributed by atoms with Gasteiger partial charge in [0.15, 0.2) is 0 Å². The zero-order chi connectivity index (χ0) is 11.4. The van der Waals surface area contributed by atoms with Crippen molar-refractivity contribution in [3.05, 3.63) is 28.0 Å². The number of hydrogen-bond donors (Lipinski definition) is 1. The van der Waals surface area contributed by atoms with Gasteiger partial charge in [0.05, 0.1) is 4.47 Å². The Hall–Kier alpha value is -0.610. The lowest BCUT2D eigenvalue weighted by atomic mass is 10.2. The summed E-state index contributed by atoms with van der Waals surface area (Å²) in [5.74, 6) is -0.248. The van der Waals surface area contributed by atoms with Crippen LogP contribution in [0.15, 0.2) is 16.6 Å². The first kappa shape index (κ1) is 12.5. The molecule has 0 fully saturated rings. The standard InChI is InChI=1S/C10H10BrClFNO/c1-6-4-8(13)7(11)5-9(6)14-10(15)2-3-12/h4-5H,2-3H2,1H3,(H,14,15). The molecule has 0 unspecified atom stereocenters. The maximum absolute atomic E-state index is 13.1. The Morgan fingerprint density at radius 3 is 2.87 bits per heavy atom. The third-order valence-corrected chi connectivity index (χ3v) is 2.66. The molecule has 0 saturated heterocycles. The van der Waals surface area contributed by atoms with Gasteiger partial charge in [0, 0.05) is 18.0 Å². The second-order valence-electron chi connectivity index (χ2n) is 3.07. The molecule has 0 bridgehead atoms. The number of carbonyl (C=O) groups is 1. The minimum absolute atomic E-state index is 0.174. The highest BCUT2D eigenvalue weighted by Gasteiger charge is 2.07. The van der Waals surface area contributed by atoms with E-state index in [1.54, 1.807) is 6.92 Å². The average Bonchev–Trinajstić information content (AvgIpc) is 2.14. The van der Waals surface area contributed by atoms with Crippen LogP contribution >= 0.6 is 27.5 Å². The van der Waals surface area contributed by atoms with Crippen LogP contribution in [0.3, 0.4) is 0 Å². The molecule has 0 saturated carbocycles. The third kappa shape index (κ3) is 3.47. The molecule has 5 heteroatoms. The molecule has 1 N–H and O–H groups in total. The molecule has 0 heterocycles. The molecular formula is C10H10BrClFNO. The minimum Gasteiger partial charge on any atom is -0.326 e. The summed E-state index contributed by atoms with van der Waals surface area (Å²) in [6, 6.07) is 2.90. The molecule has 82 valence electrons.